The smallest absolute Gasteiger partial charge is 0.166 e. The van der Waals surface area contributed by atoms with E-state index in [1.165, 1.54) is 11.4 Å². The average molecular weight is 272 g/mol. The maximum absolute atomic E-state index is 4.99. The van der Waals surface area contributed by atoms with E-state index in [4.69, 9.17) is 12.2 Å². The number of hydrogen-bond donors (Lipinski definition) is 3. The van der Waals surface area contributed by atoms with Crippen molar-refractivity contribution in [1.29, 1.82) is 0 Å². The molecule has 1 rings (SSSR count). The van der Waals surface area contributed by atoms with E-state index in [1.807, 2.05) is 18.8 Å². The van der Waals surface area contributed by atoms with Gasteiger partial charge in [-0.2, -0.15) is 11.8 Å². The highest BCUT2D eigenvalue weighted by molar-refractivity contribution is 7.98. The monoisotopic (exact) mass is 272 g/mol. The molecule has 3 N–H and O–H groups in total. The first-order valence-electron chi connectivity index (χ1n) is 5.70. The van der Waals surface area contributed by atoms with Gasteiger partial charge in [0.1, 0.15) is 0 Å². The number of hydrogen-bond acceptors (Lipinski definition) is 3. The molecule has 0 aliphatic rings. The Labute approximate surface area is 112 Å². The summed E-state index contributed by atoms with van der Waals surface area (Å²) in [4.78, 5) is 7.55. The Bertz CT molecular complexity index is 349. The van der Waals surface area contributed by atoms with Crippen LogP contribution in [0.2, 0.25) is 0 Å². The summed E-state index contributed by atoms with van der Waals surface area (Å²) in [6.07, 6.45) is 1.78. The molecule has 0 amide bonds. The molecule has 0 radical (unpaired) electrons. The molecule has 1 aromatic heterocycles. The minimum atomic E-state index is 0.479. The number of aromatic nitrogens is 2. The van der Waals surface area contributed by atoms with Crippen LogP contribution < -0.4 is 10.6 Å². The Morgan fingerprint density at radius 3 is 3.00 bits per heavy atom. The Balaban J connectivity index is 2.22. The SMILES string of the molecule is CNC(=S)NCCSCc1[nH]cnc1C(C)C. The van der Waals surface area contributed by atoms with Crippen molar-refractivity contribution in [3.63, 3.8) is 0 Å². The standard InChI is InChI=1S/C11H20N4S2/c1-8(2)10-9(14-7-15-10)6-17-5-4-13-11(16)12-3/h7-8H,4-6H2,1-3H3,(H,14,15)(H2,12,13,16). The average Bonchev–Trinajstić information content (AvgIpc) is 2.76. The highest BCUT2D eigenvalue weighted by atomic mass is 32.2. The molecule has 1 aromatic rings. The zero-order valence-electron chi connectivity index (χ0n) is 10.5. The molecular weight excluding hydrogens is 252 g/mol. The van der Waals surface area contributed by atoms with Crippen LogP contribution in [0.1, 0.15) is 31.2 Å². The van der Waals surface area contributed by atoms with Gasteiger partial charge in [-0.15, -0.1) is 0 Å². The lowest BCUT2D eigenvalue weighted by Crippen LogP contribution is -2.33. The van der Waals surface area contributed by atoms with Crippen LogP contribution in [0.5, 0.6) is 0 Å². The first-order valence-corrected chi connectivity index (χ1v) is 7.27. The molecule has 4 nitrogen and oxygen atoms in total. The van der Waals surface area contributed by atoms with Gasteiger partial charge in [-0.05, 0) is 18.1 Å². The molecule has 0 aliphatic carbocycles. The molecule has 0 fully saturated rings. The highest BCUT2D eigenvalue weighted by Crippen LogP contribution is 2.19. The number of rotatable bonds is 6. The van der Waals surface area contributed by atoms with E-state index in [2.05, 4.69) is 34.4 Å². The van der Waals surface area contributed by atoms with Gasteiger partial charge in [-0.1, -0.05) is 13.8 Å². The Kier molecular flexibility index (Phi) is 6.36. The second kappa shape index (κ2) is 7.55. The Morgan fingerprint density at radius 2 is 2.35 bits per heavy atom. The lowest BCUT2D eigenvalue weighted by molar-refractivity contribution is 0.820. The normalized spacial score (nSPS) is 10.6. The van der Waals surface area contributed by atoms with Crippen LogP contribution in [0.4, 0.5) is 0 Å². The predicted octanol–water partition coefficient (Wildman–Crippen LogP) is 1.86. The first kappa shape index (κ1) is 14.3. The van der Waals surface area contributed by atoms with Crippen molar-refractivity contribution < 1.29 is 0 Å². The largest absolute Gasteiger partial charge is 0.366 e. The summed E-state index contributed by atoms with van der Waals surface area (Å²) >= 11 is 6.87. The van der Waals surface area contributed by atoms with Gasteiger partial charge < -0.3 is 15.6 Å². The van der Waals surface area contributed by atoms with Crippen molar-refractivity contribution in [3.05, 3.63) is 17.7 Å². The van der Waals surface area contributed by atoms with Gasteiger partial charge in [-0.25, -0.2) is 4.98 Å². The summed E-state index contributed by atoms with van der Waals surface area (Å²) in [5, 5.41) is 6.72. The van der Waals surface area contributed by atoms with Crippen LogP contribution in [-0.4, -0.2) is 34.4 Å². The maximum Gasteiger partial charge on any atom is 0.166 e. The van der Waals surface area contributed by atoms with Crippen molar-refractivity contribution in [3.8, 4) is 0 Å². The van der Waals surface area contributed by atoms with Crippen LogP contribution >= 0.6 is 24.0 Å². The highest BCUT2D eigenvalue weighted by Gasteiger charge is 2.08. The van der Waals surface area contributed by atoms with E-state index in [0.717, 1.165) is 18.1 Å². The van der Waals surface area contributed by atoms with Crippen molar-refractivity contribution in [1.82, 2.24) is 20.6 Å². The van der Waals surface area contributed by atoms with Crippen molar-refractivity contribution in [2.24, 2.45) is 0 Å². The quantitative estimate of drug-likeness (QED) is 0.545. The number of imidazole rings is 1. The number of H-pyrrole nitrogens is 1. The number of thioether (sulfide) groups is 1. The molecule has 1 heterocycles. The van der Waals surface area contributed by atoms with Crippen LogP contribution in [-0.2, 0) is 5.75 Å². The topological polar surface area (TPSA) is 52.7 Å². The molecule has 0 saturated carbocycles. The van der Waals surface area contributed by atoms with Crippen LogP contribution in [0.3, 0.4) is 0 Å². The number of thiocarbonyl (C=S) groups is 1. The van der Waals surface area contributed by atoms with Gasteiger partial charge in [0, 0.05) is 30.8 Å². The summed E-state index contributed by atoms with van der Waals surface area (Å²) in [5.74, 6) is 2.48. The van der Waals surface area contributed by atoms with Gasteiger partial charge in [0.15, 0.2) is 5.11 Å². The van der Waals surface area contributed by atoms with E-state index in [1.54, 1.807) is 6.33 Å². The molecule has 0 bridgehead atoms. The van der Waals surface area contributed by atoms with Gasteiger partial charge in [0.2, 0.25) is 0 Å². The first-order chi connectivity index (χ1) is 8.15. The Morgan fingerprint density at radius 1 is 1.59 bits per heavy atom. The molecular formula is C11H20N4S2. The van der Waals surface area contributed by atoms with Crippen LogP contribution in [0.15, 0.2) is 6.33 Å². The molecule has 0 unspecified atom stereocenters. The van der Waals surface area contributed by atoms with E-state index >= 15 is 0 Å². The van der Waals surface area contributed by atoms with Crippen molar-refractivity contribution in [2.75, 3.05) is 19.3 Å². The van der Waals surface area contributed by atoms with E-state index in [0.29, 0.717) is 11.0 Å². The summed E-state index contributed by atoms with van der Waals surface area (Å²) in [7, 11) is 1.82. The number of nitrogens with one attached hydrogen (secondary N) is 3. The van der Waals surface area contributed by atoms with Gasteiger partial charge in [0.25, 0.3) is 0 Å². The van der Waals surface area contributed by atoms with Crippen LogP contribution in [0, 0.1) is 0 Å². The third-order valence-corrected chi connectivity index (χ3v) is 3.64. The lowest BCUT2D eigenvalue weighted by atomic mass is 10.1. The maximum atomic E-state index is 4.99. The van der Waals surface area contributed by atoms with Crippen molar-refractivity contribution in [2.45, 2.75) is 25.5 Å². The lowest BCUT2D eigenvalue weighted by Gasteiger charge is -2.07. The minimum Gasteiger partial charge on any atom is -0.366 e. The van der Waals surface area contributed by atoms with Gasteiger partial charge in [0.05, 0.1) is 12.0 Å². The molecule has 96 valence electrons. The third kappa shape index (κ3) is 4.95. The zero-order chi connectivity index (χ0) is 12.7. The van der Waals surface area contributed by atoms with E-state index in [9.17, 15) is 0 Å². The summed E-state index contributed by atoms with van der Waals surface area (Å²) in [6, 6.07) is 0. The molecule has 0 spiro atoms. The molecule has 0 atom stereocenters. The molecule has 0 aliphatic heterocycles. The predicted molar refractivity (Wildman–Crippen MR) is 78.5 cm³/mol. The fourth-order valence-electron chi connectivity index (χ4n) is 1.44. The number of aromatic amines is 1. The third-order valence-electron chi connectivity index (χ3n) is 2.30. The zero-order valence-corrected chi connectivity index (χ0v) is 12.2. The second-order valence-corrected chi connectivity index (χ2v) is 5.49. The molecule has 6 heteroatoms. The van der Waals surface area contributed by atoms with Crippen LogP contribution in [0.25, 0.3) is 0 Å². The van der Waals surface area contributed by atoms with Gasteiger partial charge in [-0.3, -0.25) is 0 Å². The van der Waals surface area contributed by atoms with E-state index < -0.39 is 0 Å². The van der Waals surface area contributed by atoms with Gasteiger partial charge >= 0.3 is 0 Å². The number of nitrogens with zero attached hydrogens (tertiary/aromatic N) is 1. The molecule has 17 heavy (non-hydrogen) atoms. The molecule has 0 saturated heterocycles. The Hall–Kier alpha value is -0.750. The second-order valence-electron chi connectivity index (χ2n) is 3.98. The minimum absolute atomic E-state index is 0.479. The van der Waals surface area contributed by atoms with E-state index in [-0.39, 0.29) is 0 Å². The molecule has 0 aromatic carbocycles. The fraction of sp³-hybridized carbons (Fsp3) is 0.636. The fourth-order valence-corrected chi connectivity index (χ4v) is 2.37. The summed E-state index contributed by atoms with van der Waals surface area (Å²) in [6.45, 7) is 5.21. The summed E-state index contributed by atoms with van der Waals surface area (Å²) in [5.41, 5.74) is 2.41. The van der Waals surface area contributed by atoms with Crippen molar-refractivity contribution >= 4 is 29.1 Å². The summed E-state index contributed by atoms with van der Waals surface area (Å²) < 4.78 is 0.